The van der Waals surface area contributed by atoms with E-state index in [1.165, 1.54) is 16.4 Å². The molecule has 2 aliphatic rings. The number of aryl methyl sites for hydroxylation is 1. The molecule has 10 nitrogen and oxygen atoms in total. The van der Waals surface area contributed by atoms with Crippen LogP contribution in [0.1, 0.15) is 15.9 Å². The van der Waals surface area contributed by atoms with Crippen LogP contribution in [0, 0.1) is 17.0 Å². The Morgan fingerprint density at radius 2 is 1.83 bits per heavy atom. The molecule has 30 heavy (non-hydrogen) atoms. The molecule has 0 bridgehead atoms. The number of nitro groups is 1. The van der Waals surface area contributed by atoms with Crippen LogP contribution in [0.4, 0.5) is 5.69 Å². The van der Waals surface area contributed by atoms with Gasteiger partial charge < -0.3 is 14.4 Å². The van der Waals surface area contributed by atoms with Crippen molar-refractivity contribution in [3.8, 4) is 11.5 Å². The van der Waals surface area contributed by atoms with Gasteiger partial charge in [-0.3, -0.25) is 14.9 Å². The predicted octanol–water partition coefficient (Wildman–Crippen LogP) is 1.78. The van der Waals surface area contributed by atoms with Gasteiger partial charge in [-0.25, -0.2) is 8.42 Å². The Kier molecular flexibility index (Phi) is 5.08. The number of non-ortho nitro benzene ring substituents is 1. The predicted molar refractivity (Wildman–Crippen MR) is 105 cm³/mol. The summed E-state index contributed by atoms with van der Waals surface area (Å²) in [5.74, 6) is 0.633. The van der Waals surface area contributed by atoms with Gasteiger partial charge in [0.2, 0.25) is 16.8 Å². The molecule has 1 amide bonds. The van der Waals surface area contributed by atoms with Crippen molar-refractivity contribution in [2.45, 2.75) is 11.8 Å². The maximum atomic E-state index is 13.0. The van der Waals surface area contributed by atoms with Crippen molar-refractivity contribution in [3.63, 3.8) is 0 Å². The van der Waals surface area contributed by atoms with E-state index in [0.717, 1.165) is 6.07 Å². The molecule has 0 aliphatic carbocycles. The summed E-state index contributed by atoms with van der Waals surface area (Å²) < 4.78 is 38.0. The van der Waals surface area contributed by atoms with Crippen molar-refractivity contribution >= 4 is 21.6 Å². The Morgan fingerprint density at radius 1 is 1.10 bits per heavy atom. The highest BCUT2D eigenvalue weighted by atomic mass is 32.2. The number of nitrogens with zero attached hydrogens (tertiary/aromatic N) is 3. The Balaban J connectivity index is 1.51. The lowest BCUT2D eigenvalue weighted by Crippen LogP contribution is -2.50. The molecular weight excluding hydrogens is 414 g/mol. The second kappa shape index (κ2) is 7.58. The SMILES string of the molecule is Cc1ccc([N+](=O)[O-])cc1S(=O)(=O)N1CCN(C(=O)c2cccc3c2OCO3)CC1. The molecule has 0 N–H and O–H groups in total. The minimum atomic E-state index is -3.93. The number of fused-ring (bicyclic) bond motifs is 1. The number of ether oxygens (including phenoxy) is 2. The number of hydrogen-bond donors (Lipinski definition) is 0. The van der Waals surface area contributed by atoms with Crippen molar-refractivity contribution in [3.05, 3.63) is 57.6 Å². The number of rotatable bonds is 4. The van der Waals surface area contributed by atoms with Crippen molar-refractivity contribution < 1.29 is 27.6 Å². The summed E-state index contributed by atoms with van der Waals surface area (Å²) in [6.45, 7) is 2.20. The van der Waals surface area contributed by atoms with E-state index < -0.39 is 14.9 Å². The zero-order valence-corrected chi connectivity index (χ0v) is 16.9. The van der Waals surface area contributed by atoms with E-state index in [1.807, 2.05) is 0 Å². The lowest BCUT2D eigenvalue weighted by molar-refractivity contribution is -0.385. The first-order valence-corrected chi connectivity index (χ1v) is 10.7. The van der Waals surface area contributed by atoms with Gasteiger partial charge in [0.25, 0.3) is 11.6 Å². The highest BCUT2D eigenvalue weighted by Crippen LogP contribution is 2.36. The number of sulfonamides is 1. The van der Waals surface area contributed by atoms with Crippen LogP contribution in [0.2, 0.25) is 0 Å². The molecule has 2 aliphatic heterocycles. The van der Waals surface area contributed by atoms with Crippen LogP contribution in [0.5, 0.6) is 11.5 Å². The number of piperazine rings is 1. The summed E-state index contributed by atoms with van der Waals surface area (Å²) in [6, 6.07) is 8.83. The zero-order chi connectivity index (χ0) is 21.5. The number of nitro benzene ring substituents is 1. The van der Waals surface area contributed by atoms with Gasteiger partial charge in [0, 0.05) is 38.3 Å². The number of benzene rings is 2. The molecule has 1 saturated heterocycles. The van der Waals surface area contributed by atoms with Crippen LogP contribution < -0.4 is 9.47 Å². The Bertz CT molecular complexity index is 1120. The van der Waals surface area contributed by atoms with E-state index in [2.05, 4.69) is 0 Å². The van der Waals surface area contributed by atoms with E-state index in [1.54, 1.807) is 30.0 Å². The van der Waals surface area contributed by atoms with E-state index in [0.29, 0.717) is 22.6 Å². The van der Waals surface area contributed by atoms with Gasteiger partial charge >= 0.3 is 0 Å². The molecule has 0 atom stereocenters. The van der Waals surface area contributed by atoms with E-state index in [-0.39, 0.29) is 49.5 Å². The van der Waals surface area contributed by atoms with E-state index in [4.69, 9.17) is 9.47 Å². The minimum absolute atomic E-state index is 0.0498. The van der Waals surface area contributed by atoms with Gasteiger partial charge in [-0.2, -0.15) is 4.31 Å². The second-order valence-electron chi connectivity index (χ2n) is 6.94. The molecule has 2 aromatic rings. The van der Waals surface area contributed by atoms with Crippen LogP contribution >= 0.6 is 0 Å². The molecule has 11 heteroatoms. The fourth-order valence-electron chi connectivity index (χ4n) is 3.52. The Labute approximate surface area is 172 Å². The average molecular weight is 433 g/mol. The smallest absolute Gasteiger partial charge is 0.270 e. The summed E-state index contributed by atoms with van der Waals surface area (Å²) in [7, 11) is -3.93. The number of carbonyl (C=O) groups is 1. The number of amides is 1. The van der Waals surface area contributed by atoms with Gasteiger partial charge in [0.15, 0.2) is 11.5 Å². The lowest BCUT2D eigenvalue weighted by atomic mass is 10.1. The number of carbonyl (C=O) groups excluding carboxylic acids is 1. The van der Waals surface area contributed by atoms with Crippen LogP contribution in [0.25, 0.3) is 0 Å². The summed E-state index contributed by atoms with van der Waals surface area (Å²) >= 11 is 0. The molecule has 0 radical (unpaired) electrons. The molecule has 0 spiro atoms. The Hall–Kier alpha value is -3.18. The third kappa shape index (κ3) is 3.46. The van der Waals surface area contributed by atoms with Crippen LogP contribution in [-0.4, -0.2) is 61.4 Å². The van der Waals surface area contributed by atoms with Gasteiger partial charge in [-0.05, 0) is 24.6 Å². The summed E-state index contributed by atoms with van der Waals surface area (Å²) in [5.41, 5.74) is 0.514. The maximum absolute atomic E-state index is 13.0. The van der Waals surface area contributed by atoms with Crippen molar-refractivity contribution in [1.82, 2.24) is 9.21 Å². The summed E-state index contributed by atoms with van der Waals surface area (Å²) in [4.78, 5) is 24.8. The van der Waals surface area contributed by atoms with E-state index >= 15 is 0 Å². The fourth-order valence-corrected chi connectivity index (χ4v) is 5.19. The third-order valence-corrected chi connectivity index (χ3v) is 7.19. The quantitative estimate of drug-likeness (QED) is 0.532. The van der Waals surface area contributed by atoms with E-state index in [9.17, 15) is 23.3 Å². The van der Waals surface area contributed by atoms with Gasteiger partial charge in [-0.15, -0.1) is 0 Å². The van der Waals surface area contributed by atoms with Gasteiger partial charge in [0.05, 0.1) is 15.4 Å². The summed E-state index contributed by atoms with van der Waals surface area (Å²) in [6.07, 6.45) is 0. The van der Waals surface area contributed by atoms with Crippen LogP contribution in [-0.2, 0) is 10.0 Å². The maximum Gasteiger partial charge on any atom is 0.270 e. The molecule has 0 unspecified atom stereocenters. The molecule has 0 aromatic heterocycles. The van der Waals surface area contributed by atoms with Crippen LogP contribution in [0.15, 0.2) is 41.3 Å². The monoisotopic (exact) mass is 433 g/mol. The molecule has 158 valence electrons. The van der Waals surface area contributed by atoms with Crippen molar-refractivity contribution in [1.29, 1.82) is 0 Å². The van der Waals surface area contributed by atoms with Gasteiger partial charge in [-0.1, -0.05) is 12.1 Å². The van der Waals surface area contributed by atoms with Crippen molar-refractivity contribution in [2.24, 2.45) is 0 Å². The van der Waals surface area contributed by atoms with Crippen LogP contribution in [0.3, 0.4) is 0 Å². The molecule has 2 aromatic carbocycles. The lowest BCUT2D eigenvalue weighted by Gasteiger charge is -2.34. The first kappa shape index (κ1) is 20.1. The van der Waals surface area contributed by atoms with Gasteiger partial charge in [0.1, 0.15) is 0 Å². The summed E-state index contributed by atoms with van der Waals surface area (Å²) in [5, 5.41) is 11.0. The standard InChI is InChI=1S/C19H19N3O7S/c1-13-5-6-14(22(24)25)11-17(13)30(26,27)21-9-7-20(8-10-21)19(23)15-3-2-4-16-18(15)29-12-28-16/h2-6,11H,7-10,12H2,1H3. The average Bonchev–Trinajstić information content (AvgIpc) is 3.22. The largest absolute Gasteiger partial charge is 0.454 e. The zero-order valence-electron chi connectivity index (χ0n) is 16.1. The molecular formula is C19H19N3O7S. The normalized spacial score (nSPS) is 16.5. The number of hydrogen-bond acceptors (Lipinski definition) is 7. The first-order valence-electron chi connectivity index (χ1n) is 9.22. The fraction of sp³-hybridized carbons (Fsp3) is 0.316. The van der Waals surface area contributed by atoms with Crippen molar-refractivity contribution in [2.75, 3.05) is 33.0 Å². The molecule has 2 heterocycles. The third-order valence-electron chi connectivity index (χ3n) is 5.15. The molecule has 1 fully saturated rings. The Morgan fingerprint density at radius 3 is 2.53 bits per heavy atom. The highest BCUT2D eigenvalue weighted by Gasteiger charge is 2.33. The first-order chi connectivity index (χ1) is 14.3. The molecule has 0 saturated carbocycles. The molecule has 4 rings (SSSR count). The second-order valence-corrected chi connectivity index (χ2v) is 8.85. The highest BCUT2D eigenvalue weighted by molar-refractivity contribution is 7.89. The minimum Gasteiger partial charge on any atom is -0.454 e. The number of para-hydroxylation sites is 1. The topological polar surface area (TPSA) is 119 Å².